The molecule has 3 rings (SSSR count). The fraction of sp³-hybridized carbons (Fsp3) is 0.0625. The highest BCUT2D eigenvalue weighted by Crippen LogP contribution is 2.20. The van der Waals surface area contributed by atoms with E-state index in [0.717, 1.165) is 0 Å². The Balaban J connectivity index is 1.88. The zero-order chi connectivity index (χ0) is 19.6. The molecule has 0 radical (unpaired) electrons. The van der Waals surface area contributed by atoms with Crippen molar-refractivity contribution in [2.45, 2.75) is 6.92 Å². The number of nitro groups is 2. The van der Waals surface area contributed by atoms with E-state index in [4.69, 9.17) is 0 Å². The Bertz CT molecular complexity index is 1060. The molecule has 0 saturated heterocycles. The minimum absolute atomic E-state index is 0.00647. The number of benzene rings is 2. The number of rotatable bonds is 5. The van der Waals surface area contributed by atoms with Gasteiger partial charge >= 0.3 is 0 Å². The lowest BCUT2D eigenvalue weighted by Crippen LogP contribution is -2.14. The summed E-state index contributed by atoms with van der Waals surface area (Å²) in [4.78, 5) is 33.1. The van der Waals surface area contributed by atoms with Gasteiger partial charge in [-0.1, -0.05) is 17.3 Å². The van der Waals surface area contributed by atoms with Crippen molar-refractivity contribution < 1.29 is 14.6 Å². The van der Waals surface area contributed by atoms with E-state index in [0.29, 0.717) is 11.4 Å². The zero-order valence-corrected chi connectivity index (χ0v) is 13.9. The highest BCUT2D eigenvalue weighted by molar-refractivity contribution is 6.03. The summed E-state index contributed by atoms with van der Waals surface area (Å²) in [6.07, 6.45) is 0. The van der Waals surface area contributed by atoms with Crippen molar-refractivity contribution in [2.75, 3.05) is 5.32 Å². The summed E-state index contributed by atoms with van der Waals surface area (Å²) in [5.41, 5.74) is 0.684. The quantitative estimate of drug-likeness (QED) is 0.538. The summed E-state index contributed by atoms with van der Waals surface area (Å²) in [6.45, 7) is 1.58. The maximum atomic E-state index is 12.4. The molecule has 0 aliphatic heterocycles. The summed E-state index contributed by atoms with van der Waals surface area (Å²) < 4.78 is 1.30. The van der Waals surface area contributed by atoms with E-state index in [2.05, 4.69) is 15.6 Å². The summed E-state index contributed by atoms with van der Waals surface area (Å²) in [7, 11) is 0. The number of nitro benzene ring substituents is 2. The number of carbonyl (C=O) groups is 1. The van der Waals surface area contributed by atoms with Crippen LogP contribution in [0.5, 0.6) is 0 Å². The van der Waals surface area contributed by atoms with Gasteiger partial charge in [-0.05, 0) is 19.1 Å². The third-order valence-electron chi connectivity index (χ3n) is 3.71. The van der Waals surface area contributed by atoms with E-state index in [9.17, 15) is 25.0 Å². The van der Waals surface area contributed by atoms with Crippen LogP contribution in [0.4, 0.5) is 17.1 Å². The van der Waals surface area contributed by atoms with Crippen molar-refractivity contribution in [3.63, 3.8) is 0 Å². The second kappa shape index (κ2) is 7.00. The topological polar surface area (TPSA) is 146 Å². The molecule has 0 aliphatic carbocycles. The molecule has 1 aromatic heterocycles. The largest absolute Gasteiger partial charge is 0.320 e. The highest BCUT2D eigenvalue weighted by Gasteiger charge is 2.19. The molecule has 11 nitrogen and oxygen atoms in total. The first-order chi connectivity index (χ1) is 12.9. The maximum absolute atomic E-state index is 12.4. The van der Waals surface area contributed by atoms with Crippen LogP contribution >= 0.6 is 0 Å². The number of hydrogen-bond acceptors (Lipinski definition) is 7. The molecule has 27 heavy (non-hydrogen) atoms. The zero-order valence-electron chi connectivity index (χ0n) is 13.9. The smallest absolute Gasteiger partial charge is 0.278 e. The van der Waals surface area contributed by atoms with E-state index in [1.54, 1.807) is 13.0 Å². The van der Waals surface area contributed by atoms with Crippen molar-refractivity contribution in [1.82, 2.24) is 15.0 Å². The molecule has 0 spiro atoms. The van der Waals surface area contributed by atoms with Gasteiger partial charge in [0.2, 0.25) is 0 Å². The van der Waals surface area contributed by atoms with Crippen LogP contribution in [0.3, 0.4) is 0 Å². The van der Waals surface area contributed by atoms with Crippen LogP contribution < -0.4 is 5.32 Å². The molecule has 0 fully saturated rings. The molecular formula is C16H12N6O5. The normalized spacial score (nSPS) is 10.4. The van der Waals surface area contributed by atoms with Crippen LogP contribution in [0, 0.1) is 27.2 Å². The molecule has 0 atom stereocenters. The number of hydrogen-bond donors (Lipinski definition) is 1. The Kier molecular flexibility index (Phi) is 4.58. The van der Waals surface area contributed by atoms with E-state index >= 15 is 0 Å². The van der Waals surface area contributed by atoms with Crippen LogP contribution in [-0.2, 0) is 0 Å². The predicted molar refractivity (Wildman–Crippen MR) is 93.8 cm³/mol. The summed E-state index contributed by atoms with van der Waals surface area (Å²) in [6, 6.07) is 11.2. The maximum Gasteiger partial charge on any atom is 0.278 e. The van der Waals surface area contributed by atoms with Crippen molar-refractivity contribution >= 4 is 23.0 Å². The average molecular weight is 368 g/mol. The molecule has 1 heterocycles. The van der Waals surface area contributed by atoms with Crippen LogP contribution in [0.15, 0.2) is 48.5 Å². The fourth-order valence-corrected chi connectivity index (χ4v) is 2.41. The molecule has 2 aromatic carbocycles. The monoisotopic (exact) mass is 368 g/mol. The first kappa shape index (κ1) is 17.7. The Labute approximate surface area is 151 Å². The minimum atomic E-state index is -0.607. The van der Waals surface area contributed by atoms with Gasteiger partial charge in [-0.3, -0.25) is 25.0 Å². The number of aromatic nitrogens is 3. The SMILES string of the molecule is Cc1c(C(=O)Nc2cccc([N+](=O)[O-])c2)nnn1-c1cccc([N+](=O)[O-])c1. The molecule has 0 saturated carbocycles. The van der Waals surface area contributed by atoms with Gasteiger partial charge in [0.1, 0.15) is 0 Å². The minimum Gasteiger partial charge on any atom is -0.320 e. The standard InChI is InChI=1S/C16H12N6O5/c1-10-15(16(23)17-11-4-2-6-13(8-11)21(24)25)18-19-20(10)12-5-3-7-14(9-12)22(26)27/h2-9H,1H3,(H,17,23). The number of nitrogens with zero attached hydrogens (tertiary/aromatic N) is 5. The van der Waals surface area contributed by atoms with Crippen molar-refractivity contribution in [1.29, 1.82) is 0 Å². The van der Waals surface area contributed by atoms with Gasteiger partial charge in [0.05, 0.1) is 21.2 Å². The van der Waals surface area contributed by atoms with E-state index in [1.807, 2.05) is 0 Å². The highest BCUT2D eigenvalue weighted by atomic mass is 16.6. The number of carbonyl (C=O) groups excluding carboxylic acids is 1. The lowest BCUT2D eigenvalue weighted by Gasteiger charge is -2.05. The van der Waals surface area contributed by atoms with Gasteiger partial charge in [-0.25, -0.2) is 4.68 Å². The van der Waals surface area contributed by atoms with Gasteiger partial charge in [0.15, 0.2) is 5.69 Å². The van der Waals surface area contributed by atoms with Gasteiger partial charge < -0.3 is 5.32 Å². The molecule has 136 valence electrons. The first-order valence-corrected chi connectivity index (χ1v) is 7.60. The molecule has 0 unspecified atom stereocenters. The van der Waals surface area contributed by atoms with Gasteiger partial charge in [-0.2, -0.15) is 0 Å². The van der Waals surface area contributed by atoms with Gasteiger partial charge in [-0.15, -0.1) is 5.10 Å². The summed E-state index contributed by atoms with van der Waals surface area (Å²) >= 11 is 0. The second-order valence-electron chi connectivity index (χ2n) is 5.47. The van der Waals surface area contributed by atoms with E-state index in [1.165, 1.54) is 47.1 Å². The molecule has 0 aliphatic rings. The summed E-state index contributed by atoms with van der Waals surface area (Å²) in [5, 5.41) is 31.9. The Morgan fingerprint density at radius 2 is 1.67 bits per heavy atom. The van der Waals surface area contributed by atoms with Crippen LogP contribution in [0.1, 0.15) is 16.2 Å². The van der Waals surface area contributed by atoms with Crippen LogP contribution in [0.2, 0.25) is 0 Å². The second-order valence-corrected chi connectivity index (χ2v) is 5.47. The van der Waals surface area contributed by atoms with Crippen LogP contribution in [0.25, 0.3) is 5.69 Å². The molecule has 1 amide bonds. The van der Waals surface area contributed by atoms with Crippen molar-refractivity contribution in [3.8, 4) is 5.69 Å². The Morgan fingerprint density at radius 3 is 2.33 bits per heavy atom. The van der Waals surface area contributed by atoms with Crippen molar-refractivity contribution in [2.24, 2.45) is 0 Å². The van der Waals surface area contributed by atoms with E-state index < -0.39 is 15.8 Å². The molecule has 1 N–H and O–H groups in total. The molecule has 0 bridgehead atoms. The van der Waals surface area contributed by atoms with Crippen molar-refractivity contribution in [3.05, 3.63) is 80.1 Å². The molecular weight excluding hydrogens is 356 g/mol. The Morgan fingerprint density at radius 1 is 1.04 bits per heavy atom. The average Bonchev–Trinajstić information content (AvgIpc) is 3.03. The van der Waals surface area contributed by atoms with Gasteiger partial charge in [0, 0.05) is 30.0 Å². The van der Waals surface area contributed by atoms with Crippen LogP contribution in [-0.4, -0.2) is 30.7 Å². The molecule has 3 aromatic rings. The number of non-ortho nitro benzene ring substituents is 2. The Hall–Kier alpha value is -4.15. The number of nitrogens with one attached hydrogen (secondary N) is 1. The third kappa shape index (κ3) is 3.61. The first-order valence-electron chi connectivity index (χ1n) is 7.60. The van der Waals surface area contributed by atoms with E-state index in [-0.39, 0.29) is 22.8 Å². The fourth-order valence-electron chi connectivity index (χ4n) is 2.41. The lowest BCUT2D eigenvalue weighted by molar-refractivity contribution is -0.385. The number of amides is 1. The summed E-state index contributed by atoms with van der Waals surface area (Å²) in [5.74, 6) is -0.607. The van der Waals surface area contributed by atoms with Gasteiger partial charge in [0.25, 0.3) is 17.3 Å². The predicted octanol–water partition coefficient (Wildman–Crippen LogP) is 2.64. The molecule has 11 heteroatoms. The number of anilines is 1. The third-order valence-corrected chi connectivity index (χ3v) is 3.71. The lowest BCUT2D eigenvalue weighted by atomic mass is 10.2.